The third-order valence-electron chi connectivity index (χ3n) is 4.16. The zero-order valence-corrected chi connectivity index (χ0v) is 12.3. The van der Waals surface area contributed by atoms with Crippen molar-refractivity contribution in [3.63, 3.8) is 0 Å². The zero-order chi connectivity index (χ0) is 15.5. The molecule has 5 nitrogen and oxygen atoms in total. The molecule has 2 amide bonds. The lowest BCUT2D eigenvalue weighted by Crippen LogP contribution is -2.52. The summed E-state index contributed by atoms with van der Waals surface area (Å²) in [6, 6.07) is 9.34. The minimum atomic E-state index is -0.821. The van der Waals surface area contributed by atoms with Crippen molar-refractivity contribution < 1.29 is 19.1 Å². The van der Waals surface area contributed by atoms with E-state index in [1.165, 1.54) is 19.1 Å². The first-order valence-electron chi connectivity index (χ1n) is 6.94. The van der Waals surface area contributed by atoms with E-state index in [-0.39, 0.29) is 24.2 Å². The molecule has 0 N–H and O–H groups in total. The van der Waals surface area contributed by atoms with Crippen LogP contribution in [0.1, 0.15) is 31.2 Å². The maximum Gasteiger partial charge on any atom is 0.305 e. The quantitative estimate of drug-likeness (QED) is 0.624. The Morgan fingerprint density at radius 3 is 2.57 bits per heavy atom. The molecule has 21 heavy (non-hydrogen) atoms. The fourth-order valence-electron chi connectivity index (χ4n) is 2.85. The van der Waals surface area contributed by atoms with Crippen LogP contribution in [0.3, 0.4) is 0 Å². The molecular formula is C16H19NO4. The van der Waals surface area contributed by atoms with Crippen LogP contribution in [0.2, 0.25) is 0 Å². The molecule has 112 valence electrons. The molecule has 1 fully saturated rings. The topological polar surface area (TPSA) is 63.7 Å². The highest BCUT2D eigenvalue weighted by Gasteiger charge is 2.46. The number of hydrogen-bond donors (Lipinski definition) is 0. The van der Waals surface area contributed by atoms with Crippen LogP contribution in [-0.4, -0.2) is 36.8 Å². The van der Waals surface area contributed by atoms with Crippen molar-refractivity contribution in [2.45, 2.75) is 31.1 Å². The van der Waals surface area contributed by atoms with Gasteiger partial charge in [0.05, 0.1) is 12.5 Å². The molecule has 0 aromatic heterocycles. The Kier molecular flexibility index (Phi) is 4.40. The molecular weight excluding hydrogens is 270 g/mol. The number of benzene rings is 1. The van der Waals surface area contributed by atoms with Gasteiger partial charge in [-0.05, 0) is 18.4 Å². The van der Waals surface area contributed by atoms with Crippen LogP contribution in [0, 0.1) is 0 Å². The molecule has 5 heteroatoms. The summed E-state index contributed by atoms with van der Waals surface area (Å²) < 4.78 is 4.67. The van der Waals surface area contributed by atoms with Gasteiger partial charge >= 0.3 is 5.97 Å². The van der Waals surface area contributed by atoms with Crippen molar-refractivity contribution in [2.24, 2.45) is 0 Å². The van der Waals surface area contributed by atoms with E-state index in [4.69, 9.17) is 0 Å². The van der Waals surface area contributed by atoms with Crippen molar-refractivity contribution >= 4 is 17.8 Å². The average Bonchev–Trinajstić information content (AvgIpc) is 2.53. The Hall–Kier alpha value is -2.17. The lowest BCUT2D eigenvalue weighted by molar-refractivity contribution is -0.152. The Labute approximate surface area is 123 Å². The first-order chi connectivity index (χ1) is 10.0. The number of ether oxygens (including phenoxy) is 1. The van der Waals surface area contributed by atoms with Crippen molar-refractivity contribution in [1.82, 2.24) is 4.90 Å². The van der Waals surface area contributed by atoms with Crippen LogP contribution in [0.25, 0.3) is 0 Å². The molecule has 1 aliphatic rings. The zero-order valence-electron chi connectivity index (χ0n) is 12.3. The molecule has 1 saturated heterocycles. The lowest BCUT2D eigenvalue weighted by Gasteiger charge is -2.39. The van der Waals surface area contributed by atoms with Gasteiger partial charge in [-0.15, -0.1) is 0 Å². The highest BCUT2D eigenvalue weighted by molar-refractivity contribution is 6.03. The smallest absolute Gasteiger partial charge is 0.305 e. The summed E-state index contributed by atoms with van der Waals surface area (Å²) in [4.78, 5) is 37.1. The standard InChI is InChI=1S/C16H19NO4/c1-17-13(18)8-10-16(15(17)20,11-9-14(19)21-2)12-6-4-3-5-7-12/h3-7H,8-11H2,1-2H3. The fraction of sp³-hybridized carbons (Fsp3) is 0.438. The van der Waals surface area contributed by atoms with Crippen LogP contribution in [0.4, 0.5) is 0 Å². The number of likely N-dealkylation sites (tertiary alicyclic amines) is 1. The monoisotopic (exact) mass is 289 g/mol. The van der Waals surface area contributed by atoms with Crippen LogP contribution in [0.5, 0.6) is 0 Å². The molecule has 1 heterocycles. The second-order valence-electron chi connectivity index (χ2n) is 5.28. The maximum atomic E-state index is 12.7. The SMILES string of the molecule is COC(=O)CCC1(c2ccccc2)CCC(=O)N(C)C1=O. The Bertz CT molecular complexity index is 555. The summed E-state index contributed by atoms with van der Waals surface area (Å²) in [5.74, 6) is -0.767. The van der Waals surface area contributed by atoms with E-state index in [2.05, 4.69) is 4.74 Å². The molecule has 1 aromatic rings. The summed E-state index contributed by atoms with van der Waals surface area (Å²) in [6.45, 7) is 0. The number of piperidine rings is 1. The first-order valence-corrected chi connectivity index (χ1v) is 6.94. The normalized spacial score (nSPS) is 22.3. The number of nitrogens with zero attached hydrogens (tertiary/aromatic N) is 1. The van der Waals surface area contributed by atoms with Crippen molar-refractivity contribution in [3.8, 4) is 0 Å². The van der Waals surface area contributed by atoms with Gasteiger partial charge in [0.2, 0.25) is 11.8 Å². The van der Waals surface area contributed by atoms with Crippen LogP contribution < -0.4 is 0 Å². The molecule has 1 aliphatic heterocycles. The van der Waals surface area contributed by atoms with Gasteiger partial charge in [-0.2, -0.15) is 0 Å². The second-order valence-corrected chi connectivity index (χ2v) is 5.28. The molecule has 0 bridgehead atoms. The Morgan fingerprint density at radius 1 is 1.29 bits per heavy atom. The van der Waals surface area contributed by atoms with Gasteiger partial charge in [-0.1, -0.05) is 30.3 Å². The predicted molar refractivity (Wildman–Crippen MR) is 76.4 cm³/mol. The van der Waals surface area contributed by atoms with E-state index in [1.54, 1.807) is 0 Å². The first kappa shape index (κ1) is 15.2. The summed E-state index contributed by atoms with van der Waals surface area (Å²) >= 11 is 0. The van der Waals surface area contributed by atoms with Crippen molar-refractivity contribution in [3.05, 3.63) is 35.9 Å². The van der Waals surface area contributed by atoms with Gasteiger partial charge < -0.3 is 4.74 Å². The van der Waals surface area contributed by atoms with E-state index in [0.717, 1.165) is 5.56 Å². The number of esters is 1. The second kappa shape index (κ2) is 6.08. The van der Waals surface area contributed by atoms with Gasteiger partial charge in [0.1, 0.15) is 0 Å². The number of rotatable bonds is 4. The number of amides is 2. The minimum absolute atomic E-state index is 0.152. The number of imide groups is 1. The molecule has 1 unspecified atom stereocenters. The molecule has 0 aliphatic carbocycles. The summed E-state index contributed by atoms with van der Waals surface area (Å²) in [5, 5.41) is 0. The molecule has 0 saturated carbocycles. The lowest BCUT2D eigenvalue weighted by atomic mass is 9.70. The number of likely N-dealkylation sites (N-methyl/N-ethyl adjacent to an activating group) is 1. The fourth-order valence-corrected chi connectivity index (χ4v) is 2.85. The van der Waals surface area contributed by atoms with Crippen molar-refractivity contribution in [2.75, 3.05) is 14.2 Å². The van der Waals surface area contributed by atoms with E-state index < -0.39 is 5.41 Å². The Morgan fingerprint density at radius 2 is 1.95 bits per heavy atom. The van der Waals surface area contributed by atoms with E-state index >= 15 is 0 Å². The maximum absolute atomic E-state index is 12.7. The van der Waals surface area contributed by atoms with Crippen LogP contribution in [0.15, 0.2) is 30.3 Å². The summed E-state index contributed by atoms with van der Waals surface area (Å²) in [6.07, 6.45) is 1.23. The van der Waals surface area contributed by atoms with Crippen LogP contribution in [-0.2, 0) is 24.5 Å². The summed E-state index contributed by atoms with van der Waals surface area (Å²) in [5.41, 5.74) is 0.0243. The van der Waals surface area contributed by atoms with E-state index in [0.29, 0.717) is 19.3 Å². The molecule has 2 rings (SSSR count). The highest BCUT2D eigenvalue weighted by atomic mass is 16.5. The number of carbonyl (C=O) groups excluding carboxylic acids is 3. The predicted octanol–water partition coefficient (Wildman–Crippen LogP) is 1.66. The third kappa shape index (κ3) is 2.82. The number of hydrogen-bond acceptors (Lipinski definition) is 4. The van der Waals surface area contributed by atoms with Crippen molar-refractivity contribution in [1.29, 1.82) is 0 Å². The minimum Gasteiger partial charge on any atom is -0.469 e. The van der Waals surface area contributed by atoms with Gasteiger partial charge in [0.15, 0.2) is 0 Å². The molecule has 0 radical (unpaired) electrons. The average molecular weight is 289 g/mol. The highest BCUT2D eigenvalue weighted by Crippen LogP contribution is 2.39. The molecule has 0 spiro atoms. The third-order valence-corrected chi connectivity index (χ3v) is 4.16. The number of methoxy groups -OCH3 is 1. The summed E-state index contributed by atoms with van der Waals surface area (Å²) in [7, 11) is 2.83. The molecule has 1 aromatic carbocycles. The van der Waals surface area contributed by atoms with Gasteiger partial charge in [0.25, 0.3) is 0 Å². The van der Waals surface area contributed by atoms with Gasteiger partial charge in [-0.3, -0.25) is 19.3 Å². The van der Waals surface area contributed by atoms with E-state index in [9.17, 15) is 14.4 Å². The van der Waals surface area contributed by atoms with E-state index in [1.807, 2.05) is 30.3 Å². The number of carbonyl (C=O) groups is 3. The molecule has 1 atom stereocenters. The Balaban J connectivity index is 2.37. The van der Waals surface area contributed by atoms with Gasteiger partial charge in [0, 0.05) is 19.9 Å². The van der Waals surface area contributed by atoms with Crippen LogP contribution >= 0.6 is 0 Å². The largest absolute Gasteiger partial charge is 0.469 e. The van der Waals surface area contributed by atoms with Gasteiger partial charge in [-0.25, -0.2) is 0 Å².